The lowest BCUT2D eigenvalue weighted by Crippen LogP contribution is -2.15. The Labute approximate surface area is 153 Å². The van der Waals surface area contributed by atoms with Gasteiger partial charge < -0.3 is 10.6 Å². The summed E-state index contributed by atoms with van der Waals surface area (Å²) in [5.74, 6) is 0.498. The smallest absolute Gasteiger partial charge is 0.274 e. The van der Waals surface area contributed by atoms with E-state index in [1.54, 1.807) is 12.3 Å². The first kappa shape index (κ1) is 17.6. The second kappa shape index (κ2) is 7.78. The average molecular weight is 346 g/mol. The first-order valence-electron chi connectivity index (χ1n) is 8.60. The van der Waals surface area contributed by atoms with E-state index >= 15 is 0 Å². The van der Waals surface area contributed by atoms with Gasteiger partial charge >= 0.3 is 0 Å². The molecule has 0 saturated heterocycles. The first-order valence-corrected chi connectivity index (χ1v) is 8.60. The van der Waals surface area contributed by atoms with Gasteiger partial charge in [0.05, 0.1) is 0 Å². The predicted molar refractivity (Wildman–Crippen MR) is 105 cm³/mol. The summed E-state index contributed by atoms with van der Waals surface area (Å²) in [6, 6.07) is 17.3. The number of rotatable bonds is 5. The number of benzene rings is 2. The SMILES string of the molecule is Cc1ccc(NC(=O)c2ccnc(Nc3ccccc3C(C)C)n2)cc1. The third-order valence-corrected chi connectivity index (χ3v) is 4.03. The Balaban J connectivity index is 1.78. The molecule has 0 saturated carbocycles. The van der Waals surface area contributed by atoms with Crippen LogP contribution in [0.4, 0.5) is 17.3 Å². The number of para-hydroxylation sites is 1. The Bertz CT molecular complexity index is 904. The van der Waals surface area contributed by atoms with Crippen LogP contribution < -0.4 is 10.6 Å². The van der Waals surface area contributed by atoms with Crippen molar-refractivity contribution in [1.29, 1.82) is 0 Å². The molecule has 3 aromatic rings. The highest BCUT2D eigenvalue weighted by atomic mass is 16.1. The van der Waals surface area contributed by atoms with Crippen LogP contribution in [-0.4, -0.2) is 15.9 Å². The number of hydrogen-bond donors (Lipinski definition) is 2. The van der Waals surface area contributed by atoms with Gasteiger partial charge in [-0.25, -0.2) is 9.97 Å². The third kappa shape index (κ3) is 4.25. The van der Waals surface area contributed by atoms with E-state index in [9.17, 15) is 4.79 Å². The van der Waals surface area contributed by atoms with Crippen LogP contribution in [0.15, 0.2) is 60.8 Å². The van der Waals surface area contributed by atoms with Crippen LogP contribution in [0, 0.1) is 6.92 Å². The maximum absolute atomic E-state index is 12.4. The summed E-state index contributed by atoms with van der Waals surface area (Å²) < 4.78 is 0. The molecule has 1 aromatic heterocycles. The maximum atomic E-state index is 12.4. The molecule has 0 radical (unpaired) electrons. The van der Waals surface area contributed by atoms with E-state index in [-0.39, 0.29) is 5.91 Å². The number of nitrogens with one attached hydrogen (secondary N) is 2. The fourth-order valence-corrected chi connectivity index (χ4v) is 2.61. The fourth-order valence-electron chi connectivity index (χ4n) is 2.61. The quantitative estimate of drug-likeness (QED) is 0.689. The fraction of sp³-hybridized carbons (Fsp3) is 0.190. The van der Waals surface area contributed by atoms with Crippen molar-refractivity contribution in [2.45, 2.75) is 26.7 Å². The summed E-state index contributed by atoms with van der Waals surface area (Å²) in [5, 5.41) is 6.07. The van der Waals surface area contributed by atoms with Gasteiger partial charge in [-0.3, -0.25) is 4.79 Å². The molecule has 132 valence electrons. The normalized spacial score (nSPS) is 10.6. The minimum Gasteiger partial charge on any atom is -0.324 e. The number of amides is 1. The maximum Gasteiger partial charge on any atom is 0.274 e. The zero-order valence-corrected chi connectivity index (χ0v) is 15.2. The lowest BCUT2D eigenvalue weighted by molar-refractivity contribution is 0.102. The van der Waals surface area contributed by atoms with E-state index < -0.39 is 0 Å². The Hall–Kier alpha value is -3.21. The van der Waals surface area contributed by atoms with Gasteiger partial charge in [-0.1, -0.05) is 49.7 Å². The number of nitrogens with zero attached hydrogens (tertiary/aromatic N) is 2. The van der Waals surface area contributed by atoms with Gasteiger partial charge in [0.1, 0.15) is 5.69 Å². The van der Waals surface area contributed by atoms with Gasteiger partial charge in [-0.2, -0.15) is 0 Å². The number of carbonyl (C=O) groups is 1. The summed E-state index contributed by atoms with van der Waals surface area (Å²) >= 11 is 0. The van der Waals surface area contributed by atoms with Gasteiger partial charge in [-0.15, -0.1) is 0 Å². The van der Waals surface area contributed by atoms with Crippen molar-refractivity contribution in [3.05, 3.63) is 77.6 Å². The second-order valence-corrected chi connectivity index (χ2v) is 6.45. The Kier molecular flexibility index (Phi) is 5.27. The van der Waals surface area contributed by atoms with Gasteiger partial charge in [0, 0.05) is 17.6 Å². The molecular weight excluding hydrogens is 324 g/mol. The zero-order chi connectivity index (χ0) is 18.5. The van der Waals surface area contributed by atoms with Crippen molar-refractivity contribution < 1.29 is 4.79 Å². The molecule has 1 amide bonds. The lowest BCUT2D eigenvalue weighted by Gasteiger charge is -2.13. The topological polar surface area (TPSA) is 66.9 Å². The van der Waals surface area contributed by atoms with E-state index in [0.29, 0.717) is 17.6 Å². The zero-order valence-electron chi connectivity index (χ0n) is 15.2. The summed E-state index contributed by atoms with van der Waals surface area (Å²) in [7, 11) is 0. The Morgan fingerprint density at radius 1 is 1.00 bits per heavy atom. The van der Waals surface area contributed by atoms with E-state index in [1.807, 2.05) is 49.4 Å². The third-order valence-electron chi connectivity index (χ3n) is 4.03. The summed E-state index contributed by atoms with van der Waals surface area (Å²) in [5.41, 5.74) is 4.30. The van der Waals surface area contributed by atoms with Crippen LogP contribution in [0.2, 0.25) is 0 Å². The van der Waals surface area contributed by atoms with E-state index in [1.165, 1.54) is 5.56 Å². The average Bonchev–Trinajstić information content (AvgIpc) is 2.64. The van der Waals surface area contributed by atoms with Gasteiger partial charge in [-0.05, 0) is 42.7 Å². The standard InChI is InChI=1S/C21H22N4O/c1-14(2)17-6-4-5-7-18(17)24-21-22-13-12-19(25-21)20(26)23-16-10-8-15(3)9-11-16/h4-14H,1-3H3,(H,23,26)(H,22,24,25). The molecule has 0 aliphatic rings. The van der Waals surface area contributed by atoms with Crippen molar-refractivity contribution in [1.82, 2.24) is 9.97 Å². The van der Waals surface area contributed by atoms with Crippen LogP contribution in [0.3, 0.4) is 0 Å². The molecule has 0 unspecified atom stereocenters. The summed E-state index contributed by atoms with van der Waals surface area (Å²) in [6.45, 7) is 6.27. The number of aryl methyl sites for hydroxylation is 1. The summed E-state index contributed by atoms with van der Waals surface area (Å²) in [6.07, 6.45) is 1.58. The highest BCUT2D eigenvalue weighted by molar-refractivity contribution is 6.03. The second-order valence-electron chi connectivity index (χ2n) is 6.45. The molecule has 2 N–H and O–H groups in total. The molecule has 0 aliphatic carbocycles. The van der Waals surface area contributed by atoms with Crippen molar-refractivity contribution in [3.8, 4) is 0 Å². The molecule has 26 heavy (non-hydrogen) atoms. The largest absolute Gasteiger partial charge is 0.324 e. The van der Waals surface area contributed by atoms with Crippen LogP contribution >= 0.6 is 0 Å². The molecule has 1 heterocycles. The molecule has 0 spiro atoms. The van der Waals surface area contributed by atoms with E-state index in [4.69, 9.17) is 0 Å². The summed E-state index contributed by atoms with van der Waals surface area (Å²) in [4.78, 5) is 21.0. The number of carbonyl (C=O) groups excluding carboxylic acids is 1. The first-order chi connectivity index (χ1) is 12.5. The molecule has 3 rings (SSSR count). The highest BCUT2D eigenvalue weighted by Crippen LogP contribution is 2.25. The van der Waals surface area contributed by atoms with Crippen molar-refractivity contribution in [2.24, 2.45) is 0 Å². The molecule has 5 nitrogen and oxygen atoms in total. The molecule has 0 atom stereocenters. The molecule has 0 bridgehead atoms. The minimum atomic E-state index is -0.267. The number of anilines is 3. The number of hydrogen-bond acceptors (Lipinski definition) is 4. The predicted octanol–water partition coefficient (Wildman–Crippen LogP) is 4.90. The molecule has 0 aliphatic heterocycles. The molecule has 5 heteroatoms. The molecule has 0 fully saturated rings. The van der Waals surface area contributed by atoms with E-state index in [0.717, 1.165) is 16.9 Å². The van der Waals surface area contributed by atoms with Crippen molar-refractivity contribution >= 4 is 23.2 Å². The molecular formula is C21H22N4O. The van der Waals surface area contributed by atoms with Crippen LogP contribution in [-0.2, 0) is 0 Å². The van der Waals surface area contributed by atoms with Crippen LogP contribution in [0.5, 0.6) is 0 Å². The number of aromatic nitrogens is 2. The van der Waals surface area contributed by atoms with Crippen LogP contribution in [0.25, 0.3) is 0 Å². The van der Waals surface area contributed by atoms with Gasteiger partial charge in [0.25, 0.3) is 5.91 Å². The van der Waals surface area contributed by atoms with Crippen molar-refractivity contribution in [2.75, 3.05) is 10.6 Å². The van der Waals surface area contributed by atoms with Gasteiger partial charge in [0.15, 0.2) is 0 Å². The van der Waals surface area contributed by atoms with Gasteiger partial charge in [0.2, 0.25) is 5.95 Å². The monoisotopic (exact) mass is 346 g/mol. The Morgan fingerprint density at radius 2 is 1.73 bits per heavy atom. The van der Waals surface area contributed by atoms with Crippen LogP contribution in [0.1, 0.15) is 41.4 Å². The van der Waals surface area contributed by atoms with Crippen molar-refractivity contribution in [3.63, 3.8) is 0 Å². The highest BCUT2D eigenvalue weighted by Gasteiger charge is 2.11. The lowest BCUT2D eigenvalue weighted by atomic mass is 10.0. The van der Waals surface area contributed by atoms with E-state index in [2.05, 4.69) is 40.5 Å². The Morgan fingerprint density at radius 3 is 2.46 bits per heavy atom. The molecule has 2 aromatic carbocycles. The minimum absolute atomic E-state index is 0.267.